The highest BCUT2D eigenvalue weighted by atomic mass is 16.5. The summed E-state index contributed by atoms with van der Waals surface area (Å²) in [6.45, 7) is 14.7. The lowest BCUT2D eigenvalue weighted by molar-refractivity contribution is -0.155. The zero-order valence-electron chi connectivity index (χ0n) is 37.4. The van der Waals surface area contributed by atoms with Crippen molar-refractivity contribution >= 4 is 34.6 Å². The number of methoxy groups -OCH3 is 1. The van der Waals surface area contributed by atoms with Crippen molar-refractivity contribution in [3.63, 3.8) is 0 Å². The van der Waals surface area contributed by atoms with Crippen LogP contribution >= 0.6 is 0 Å². The number of aromatic hydroxyl groups is 1. The number of phenols is 1. The molecule has 14 nitrogen and oxygen atoms in total. The molecular weight excluding hydrogens is 789 g/mol. The first-order valence-corrected chi connectivity index (χ1v) is 21.9. The second-order valence-corrected chi connectivity index (χ2v) is 18.5. The fraction of sp³-hybridized carbons (Fsp3) is 0.521. The van der Waals surface area contributed by atoms with Gasteiger partial charge >= 0.3 is 5.97 Å². The van der Waals surface area contributed by atoms with Crippen LogP contribution in [0.15, 0.2) is 54.7 Å². The van der Waals surface area contributed by atoms with Gasteiger partial charge in [-0.25, -0.2) is 5.43 Å². The van der Waals surface area contributed by atoms with Crippen LogP contribution in [0.25, 0.3) is 33.3 Å². The summed E-state index contributed by atoms with van der Waals surface area (Å²) < 4.78 is 14.2. The number of nitrogens with one attached hydrogen (secondary N) is 2. The lowest BCUT2D eigenvalue weighted by Crippen LogP contribution is -2.62. The molecule has 0 spiro atoms. The van der Waals surface area contributed by atoms with E-state index >= 15 is 0 Å². The third-order valence-corrected chi connectivity index (χ3v) is 13.0. The number of carbonyl (C=O) groups is 4. The fourth-order valence-electron chi connectivity index (χ4n) is 9.43. The Bertz CT molecular complexity index is 2350. The summed E-state index contributed by atoms with van der Waals surface area (Å²) in [5, 5.41) is 26.9. The number of rotatable bonds is 9. The van der Waals surface area contributed by atoms with Crippen LogP contribution in [-0.4, -0.2) is 105 Å². The van der Waals surface area contributed by atoms with Gasteiger partial charge < -0.3 is 34.5 Å². The minimum Gasteiger partial charge on any atom is -0.508 e. The molecule has 2 aliphatic heterocycles. The highest BCUT2D eigenvalue weighted by Gasteiger charge is 2.53. The molecular formula is C48H62N6O8. The molecule has 62 heavy (non-hydrogen) atoms. The maximum absolute atomic E-state index is 14.6. The lowest BCUT2D eigenvalue weighted by Gasteiger charge is -2.36. The Kier molecular flexibility index (Phi) is 12.9. The standard InChI is InChI=1S/C48H62N6O8/c1-10-53-38-16-15-30-23-34(38)35(42(53)33-13-11-17-49-40(33)28(5)61-9)24-48(6,7)25-62-47(60)36-14-12-18-54(51-36)45(58)37(21-29-19-31(30)22-32(55)20-29)50-44(57)41(26(2)3)52(8)46(59)39-27(4)43(39)56/h11,13,15-17,19-20,22-23,26-28,36-37,39,41,43,51,55-56H,10,12,14,18,21,24-25H2,1-9H3,(H,50,57)/t27-,28+,36+,37+,39+,41?,43+/m1/s1. The monoisotopic (exact) mass is 850 g/mol. The van der Waals surface area contributed by atoms with E-state index < -0.39 is 53.3 Å². The molecule has 4 heterocycles. The van der Waals surface area contributed by atoms with Crippen molar-refractivity contribution in [3.05, 3.63) is 71.5 Å². The first-order valence-electron chi connectivity index (χ1n) is 21.9. The summed E-state index contributed by atoms with van der Waals surface area (Å²) >= 11 is 0. The van der Waals surface area contributed by atoms with Crippen molar-refractivity contribution in [1.29, 1.82) is 0 Å². The van der Waals surface area contributed by atoms with Gasteiger partial charge in [-0.15, -0.1) is 0 Å². The van der Waals surface area contributed by atoms with Crippen LogP contribution < -0.4 is 10.7 Å². The SMILES string of the molecule is CCn1c(-c2cccnc2[C@H](C)OC)c2c3cc(ccc31)-c1cc(O)cc(c1)C[C@H](NC(=O)C(C(C)C)N(C)C(=O)[C@H]1[C@@H](C)[C@@H]1O)C(=O)N1CCC[C@H](N1)C(=O)OCC(C)(C)C2. The van der Waals surface area contributed by atoms with E-state index in [-0.39, 0.29) is 49.2 Å². The molecule has 3 amide bonds. The van der Waals surface area contributed by atoms with Gasteiger partial charge in [0.05, 0.1) is 36.1 Å². The predicted molar refractivity (Wildman–Crippen MR) is 235 cm³/mol. The smallest absolute Gasteiger partial charge is 0.324 e. The largest absolute Gasteiger partial charge is 0.508 e. The Labute approximate surface area is 363 Å². The number of nitrogens with zero attached hydrogens (tertiary/aromatic N) is 4. The number of ether oxygens (including phenoxy) is 2. The van der Waals surface area contributed by atoms with Crippen LogP contribution in [0.5, 0.6) is 5.75 Å². The molecule has 1 aliphatic carbocycles. The van der Waals surface area contributed by atoms with Crippen molar-refractivity contribution in [3.8, 4) is 28.1 Å². The van der Waals surface area contributed by atoms with Gasteiger partial charge in [-0.1, -0.05) is 46.8 Å². The van der Waals surface area contributed by atoms with Crippen molar-refractivity contribution in [2.24, 2.45) is 23.2 Å². The number of cyclic esters (lactones) is 1. The minimum absolute atomic E-state index is 0.000370. The zero-order valence-corrected chi connectivity index (χ0v) is 37.4. The summed E-state index contributed by atoms with van der Waals surface area (Å²) in [6.07, 6.45) is 2.24. The third-order valence-electron chi connectivity index (χ3n) is 13.0. The van der Waals surface area contributed by atoms with E-state index in [1.54, 1.807) is 39.4 Å². The number of hydrogen-bond donors (Lipinski definition) is 4. The fourth-order valence-corrected chi connectivity index (χ4v) is 9.43. The van der Waals surface area contributed by atoms with Gasteiger partial charge in [0, 0.05) is 61.7 Å². The minimum atomic E-state index is -1.15. The van der Waals surface area contributed by atoms with Gasteiger partial charge in [0.25, 0.3) is 5.91 Å². The van der Waals surface area contributed by atoms with Crippen LogP contribution in [0.2, 0.25) is 0 Å². The molecule has 6 bridgehead atoms. The number of carbonyl (C=O) groups excluding carboxylic acids is 4. The van der Waals surface area contributed by atoms with Gasteiger partial charge in [-0.05, 0) is 104 Å². The van der Waals surface area contributed by atoms with Crippen molar-refractivity contribution in [1.82, 2.24) is 30.2 Å². The molecule has 1 saturated heterocycles. The molecule has 4 N–H and O–H groups in total. The normalized spacial score (nSPS) is 23.7. The molecule has 332 valence electrons. The van der Waals surface area contributed by atoms with E-state index in [2.05, 4.69) is 54.3 Å². The Morgan fingerprint density at radius 3 is 2.53 bits per heavy atom. The van der Waals surface area contributed by atoms with Gasteiger partial charge in [0.1, 0.15) is 23.9 Å². The van der Waals surface area contributed by atoms with Crippen molar-refractivity contribution < 1.29 is 38.9 Å². The molecule has 1 unspecified atom stereocenters. The summed E-state index contributed by atoms with van der Waals surface area (Å²) in [6, 6.07) is 12.5. The van der Waals surface area contributed by atoms with E-state index in [9.17, 15) is 29.4 Å². The Morgan fingerprint density at radius 2 is 1.85 bits per heavy atom. The van der Waals surface area contributed by atoms with E-state index in [1.165, 1.54) is 9.91 Å². The van der Waals surface area contributed by atoms with Crippen LogP contribution in [0.1, 0.15) is 84.2 Å². The number of aliphatic hydroxyl groups excluding tert-OH is 1. The van der Waals surface area contributed by atoms with E-state index in [1.807, 2.05) is 39.0 Å². The number of amides is 3. The third kappa shape index (κ3) is 8.82. The number of hydrazine groups is 1. The molecule has 14 heteroatoms. The quantitative estimate of drug-likeness (QED) is 0.156. The summed E-state index contributed by atoms with van der Waals surface area (Å²) in [5.41, 5.74) is 9.56. The maximum atomic E-state index is 14.6. The highest BCUT2D eigenvalue weighted by Crippen LogP contribution is 2.43. The predicted octanol–water partition coefficient (Wildman–Crippen LogP) is 5.56. The van der Waals surface area contributed by atoms with Gasteiger partial charge in [-0.3, -0.25) is 29.2 Å². The van der Waals surface area contributed by atoms with Gasteiger partial charge in [0.2, 0.25) is 11.8 Å². The Balaban J connectivity index is 1.35. The van der Waals surface area contributed by atoms with Crippen molar-refractivity contribution in [2.75, 3.05) is 27.3 Å². The maximum Gasteiger partial charge on any atom is 0.324 e. The lowest BCUT2D eigenvalue weighted by atomic mass is 9.84. The second-order valence-electron chi connectivity index (χ2n) is 18.5. The summed E-state index contributed by atoms with van der Waals surface area (Å²) in [5.74, 6) is -2.94. The Morgan fingerprint density at radius 1 is 1.11 bits per heavy atom. The van der Waals surface area contributed by atoms with Crippen molar-refractivity contribution in [2.45, 2.75) is 111 Å². The summed E-state index contributed by atoms with van der Waals surface area (Å²) in [7, 11) is 3.22. The van der Waals surface area contributed by atoms with Crippen LogP contribution in [0, 0.1) is 23.2 Å². The average molecular weight is 851 g/mol. The number of hydrogen-bond acceptors (Lipinski definition) is 10. The van der Waals surface area contributed by atoms with Crippen LogP contribution in [0.4, 0.5) is 0 Å². The number of phenolic OH excluding ortho intramolecular Hbond substituents is 1. The second kappa shape index (κ2) is 17.8. The number of aryl methyl sites for hydroxylation is 1. The van der Waals surface area contributed by atoms with Gasteiger partial charge in [0.15, 0.2) is 0 Å². The van der Waals surface area contributed by atoms with E-state index in [0.29, 0.717) is 31.4 Å². The molecule has 2 aromatic carbocycles. The molecule has 3 aliphatic rings. The van der Waals surface area contributed by atoms with Crippen LogP contribution in [-0.2, 0) is 48.0 Å². The molecule has 7 atom stereocenters. The molecule has 0 radical (unpaired) electrons. The molecule has 7 rings (SSSR count). The topological polar surface area (TPSA) is 176 Å². The molecule has 1 saturated carbocycles. The van der Waals surface area contributed by atoms with E-state index in [4.69, 9.17) is 14.5 Å². The number of benzene rings is 2. The summed E-state index contributed by atoms with van der Waals surface area (Å²) in [4.78, 5) is 62.3. The number of aromatic nitrogens is 2. The first kappa shape index (κ1) is 44.7. The van der Waals surface area contributed by atoms with Gasteiger partial charge in [-0.2, -0.15) is 0 Å². The van der Waals surface area contributed by atoms with E-state index in [0.717, 1.165) is 44.5 Å². The number of pyridine rings is 1. The Hall–Kier alpha value is -5.31. The number of fused-ring (bicyclic) bond motifs is 6. The zero-order chi connectivity index (χ0) is 44.8. The average Bonchev–Trinajstić information content (AvgIpc) is 3.73. The highest BCUT2D eigenvalue weighted by molar-refractivity contribution is 5.96. The first-order chi connectivity index (χ1) is 29.4. The van der Waals surface area contributed by atoms with Crippen LogP contribution in [0.3, 0.4) is 0 Å². The number of likely N-dealkylation sites (N-methyl/N-ethyl adjacent to an activating group) is 1. The number of aliphatic hydroxyl groups is 1. The molecule has 2 aromatic heterocycles. The molecule has 4 aromatic rings. The molecule has 2 fully saturated rings. The number of esters is 1.